The molecular weight excluding hydrogens is 182 g/mol. The van der Waals surface area contributed by atoms with Crippen molar-refractivity contribution in [1.29, 1.82) is 0 Å². The van der Waals surface area contributed by atoms with Gasteiger partial charge in [0, 0.05) is 18.7 Å². The van der Waals surface area contributed by atoms with Crippen molar-refractivity contribution in [2.45, 2.75) is 13.0 Å². The number of aromatic amines is 1. The van der Waals surface area contributed by atoms with Gasteiger partial charge in [-0.2, -0.15) is 0 Å². The van der Waals surface area contributed by atoms with Crippen molar-refractivity contribution in [2.24, 2.45) is 5.73 Å². The van der Waals surface area contributed by atoms with Crippen molar-refractivity contribution in [1.82, 2.24) is 10.3 Å². The van der Waals surface area contributed by atoms with E-state index in [0.29, 0.717) is 6.54 Å². The minimum Gasteiger partial charge on any atom is -0.347 e. The molecule has 1 rings (SSSR count). The molecule has 0 aliphatic rings. The summed E-state index contributed by atoms with van der Waals surface area (Å²) in [5.74, 6) is -0.319. The van der Waals surface area contributed by atoms with Gasteiger partial charge >= 0.3 is 0 Å². The molecule has 0 unspecified atom stereocenters. The van der Waals surface area contributed by atoms with Crippen LogP contribution in [-0.4, -0.2) is 23.5 Å². The van der Waals surface area contributed by atoms with Gasteiger partial charge in [0.2, 0.25) is 5.56 Å². The van der Waals surface area contributed by atoms with Crippen LogP contribution in [0, 0.1) is 0 Å². The monoisotopic (exact) mass is 195 g/mol. The molecule has 5 heteroatoms. The van der Waals surface area contributed by atoms with Gasteiger partial charge in [-0.25, -0.2) is 0 Å². The lowest BCUT2D eigenvalue weighted by Crippen LogP contribution is -2.38. The van der Waals surface area contributed by atoms with Crippen molar-refractivity contribution in [3.63, 3.8) is 0 Å². The third-order valence-electron chi connectivity index (χ3n) is 1.74. The Bertz CT molecular complexity index is 372. The van der Waals surface area contributed by atoms with Crippen molar-refractivity contribution in [3.05, 3.63) is 34.2 Å². The topological polar surface area (TPSA) is 88.0 Å². The van der Waals surface area contributed by atoms with E-state index in [0.717, 1.165) is 0 Å². The summed E-state index contributed by atoms with van der Waals surface area (Å²) in [6.07, 6.45) is 0. The lowest BCUT2D eigenvalue weighted by molar-refractivity contribution is 0.0936. The molecule has 0 spiro atoms. The van der Waals surface area contributed by atoms with Gasteiger partial charge in [-0.1, -0.05) is 6.07 Å². The van der Waals surface area contributed by atoms with Crippen LogP contribution in [-0.2, 0) is 0 Å². The van der Waals surface area contributed by atoms with E-state index in [1.165, 1.54) is 12.1 Å². The van der Waals surface area contributed by atoms with Gasteiger partial charge in [-0.05, 0) is 13.0 Å². The highest BCUT2D eigenvalue weighted by molar-refractivity contribution is 5.92. The van der Waals surface area contributed by atoms with Gasteiger partial charge in [0.05, 0.1) is 0 Å². The lowest BCUT2D eigenvalue weighted by atomic mass is 10.3. The van der Waals surface area contributed by atoms with Crippen molar-refractivity contribution in [3.8, 4) is 0 Å². The van der Waals surface area contributed by atoms with Gasteiger partial charge in [0.15, 0.2) is 0 Å². The summed E-state index contributed by atoms with van der Waals surface area (Å²) in [4.78, 5) is 24.7. The van der Waals surface area contributed by atoms with E-state index >= 15 is 0 Å². The third-order valence-corrected chi connectivity index (χ3v) is 1.74. The number of nitrogens with two attached hydrogens (primary N) is 1. The standard InChI is InChI=1S/C9H13N3O2/c1-6(5-10)11-9(14)7-3-2-4-8(13)12-7/h2-4,6H,5,10H2,1H3,(H,11,14)(H,12,13)/t6-/m1/s1. The van der Waals surface area contributed by atoms with Crippen LogP contribution in [0.25, 0.3) is 0 Å². The van der Waals surface area contributed by atoms with Crippen LogP contribution in [0.15, 0.2) is 23.0 Å². The summed E-state index contributed by atoms with van der Waals surface area (Å²) in [5.41, 5.74) is 5.30. The Kier molecular flexibility index (Phi) is 3.41. The Hall–Kier alpha value is -1.62. The molecule has 5 nitrogen and oxygen atoms in total. The van der Waals surface area contributed by atoms with E-state index in [-0.39, 0.29) is 23.2 Å². The molecule has 0 saturated carbocycles. The zero-order valence-corrected chi connectivity index (χ0v) is 7.91. The highest BCUT2D eigenvalue weighted by atomic mass is 16.2. The summed E-state index contributed by atoms with van der Waals surface area (Å²) >= 11 is 0. The normalized spacial score (nSPS) is 12.1. The molecule has 0 saturated heterocycles. The number of hydrogen-bond acceptors (Lipinski definition) is 3. The fraction of sp³-hybridized carbons (Fsp3) is 0.333. The Labute approximate surface area is 81.3 Å². The van der Waals surface area contributed by atoms with Gasteiger partial charge in [0.1, 0.15) is 5.69 Å². The summed E-state index contributed by atoms with van der Waals surface area (Å²) < 4.78 is 0. The number of carbonyl (C=O) groups excluding carboxylic acids is 1. The molecule has 4 N–H and O–H groups in total. The highest BCUT2D eigenvalue weighted by Crippen LogP contribution is 1.90. The number of aromatic nitrogens is 1. The number of H-pyrrole nitrogens is 1. The second-order valence-electron chi connectivity index (χ2n) is 3.04. The highest BCUT2D eigenvalue weighted by Gasteiger charge is 2.08. The minimum absolute atomic E-state index is 0.105. The van der Waals surface area contributed by atoms with Crippen LogP contribution < -0.4 is 16.6 Å². The summed E-state index contributed by atoms with van der Waals surface area (Å²) in [6, 6.07) is 4.32. The maximum absolute atomic E-state index is 11.4. The van der Waals surface area contributed by atoms with Crippen LogP contribution >= 0.6 is 0 Å². The molecule has 1 aromatic rings. The van der Waals surface area contributed by atoms with Crippen LogP contribution in [0.5, 0.6) is 0 Å². The number of hydrogen-bond donors (Lipinski definition) is 3. The zero-order valence-electron chi connectivity index (χ0n) is 7.91. The maximum Gasteiger partial charge on any atom is 0.268 e. The molecule has 0 fully saturated rings. The maximum atomic E-state index is 11.4. The second-order valence-corrected chi connectivity index (χ2v) is 3.04. The smallest absolute Gasteiger partial charge is 0.268 e. The van der Waals surface area contributed by atoms with Gasteiger partial charge < -0.3 is 16.0 Å². The minimum atomic E-state index is -0.319. The first-order chi connectivity index (χ1) is 6.63. The summed E-state index contributed by atoms with van der Waals surface area (Å²) in [7, 11) is 0. The van der Waals surface area contributed by atoms with Crippen LogP contribution in [0.3, 0.4) is 0 Å². The number of amides is 1. The fourth-order valence-electron chi connectivity index (χ4n) is 0.941. The van der Waals surface area contributed by atoms with E-state index in [1.54, 1.807) is 13.0 Å². The largest absolute Gasteiger partial charge is 0.347 e. The molecule has 0 radical (unpaired) electrons. The Morgan fingerprint density at radius 1 is 1.64 bits per heavy atom. The first kappa shape index (κ1) is 10.5. The van der Waals surface area contributed by atoms with Gasteiger partial charge in [-0.3, -0.25) is 9.59 Å². The van der Waals surface area contributed by atoms with Crippen LogP contribution in [0.1, 0.15) is 17.4 Å². The predicted molar refractivity (Wildman–Crippen MR) is 53.0 cm³/mol. The van der Waals surface area contributed by atoms with Gasteiger partial charge in [0.25, 0.3) is 5.91 Å². The van der Waals surface area contributed by atoms with Crippen LogP contribution in [0.4, 0.5) is 0 Å². The van der Waals surface area contributed by atoms with E-state index in [2.05, 4.69) is 10.3 Å². The molecule has 1 atom stereocenters. The van der Waals surface area contributed by atoms with E-state index in [9.17, 15) is 9.59 Å². The molecule has 0 bridgehead atoms. The quantitative estimate of drug-likeness (QED) is 0.604. The molecule has 14 heavy (non-hydrogen) atoms. The Balaban J connectivity index is 2.75. The van der Waals surface area contributed by atoms with Crippen molar-refractivity contribution >= 4 is 5.91 Å². The number of rotatable bonds is 3. The Morgan fingerprint density at radius 3 is 2.93 bits per heavy atom. The molecule has 1 amide bonds. The van der Waals surface area contributed by atoms with E-state index in [1.807, 2.05) is 0 Å². The SMILES string of the molecule is C[C@H](CN)NC(=O)c1cccc(=O)[nH]1. The summed E-state index contributed by atoms with van der Waals surface area (Å²) in [6.45, 7) is 2.15. The molecule has 76 valence electrons. The molecule has 1 aromatic heterocycles. The molecular formula is C9H13N3O2. The van der Waals surface area contributed by atoms with E-state index < -0.39 is 0 Å². The lowest BCUT2D eigenvalue weighted by Gasteiger charge is -2.10. The summed E-state index contributed by atoms with van der Waals surface area (Å²) in [5, 5.41) is 2.64. The molecule has 0 aromatic carbocycles. The first-order valence-electron chi connectivity index (χ1n) is 4.33. The first-order valence-corrected chi connectivity index (χ1v) is 4.33. The third kappa shape index (κ3) is 2.70. The average Bonchev–Trinajstić information content (AvgIpc) is 2.17. The van der Waals surface area contributed by atoms with Crippen molar-refractivity contribution in [2.75, 3.05) is 6.54 Å². The second kappa shape index (κ2) is 4.57. The number of carbonyl (C=O) groups is 1. The number of nitrogens with one attached hydrogen (secondary N) is 2. The van der Waals surface area contributed by atoms with E-state index in [4.69, 9.17) is 5.73 Å². The zero-order chi connectivity index (χ0) is 10.6. The van der Waals surface area contributed by atoms with Crippen molar-refractivity contribution < 1.29 is 4.79 Å². The number of pyridine rings is 1. The average molecular weight is 195 g/mol. The molecule has 0 aliphatic carbocycles. The molecule has 1 heterocycles. The Morgan fingerprint density at radius 2 is 2.36 bits per heavy atom. The van der Waals surface area contributed by atoms with Crippen LogP contribution in [0.2, 0.25) is 0 Å². The predicted octanol–water partition coefficient (Wildman–Crippen LogP) is -0.548. The van der Waals surface area contributed by atoms with Gasteiger partial charge in [-0.15, -0.1) is 0 Å². The fourth-order valence-corrected chi connectivity index (χ4v) is 0.941. The molecule has 0 aliphatic heterocycles.